The Balaban J connectivity index is 0.000000212. The number of nitrogens with zero attached hydrogens (tertiary/aromatic N) is 2. The molecule has 2 heterocycles. The second-order valence-corrected chi connectivity index (χ2v) is 7.04. The number of rotatable bonds is 1. The number of aryl methyl sites for hydroxylation is 1. The van der Waals surface area contributed by atoms with Gasteiger partial charge in [0, 0.05) is 5.39 Å². The molecule has 0 fully saturated rings. The Hall–Kier alpha value is -1.57. The van der Waals surface area contributed by atoms with Crippen LogP contribution in [0.4, 0.5) is 0 Å². The molecule has 20 heavy (non-hydrogen) atoms. The van der Waals surface area contributed by atoms with E-state index in [0.717, 1.165) is 16.0 Å². The van der Waals surface area contributed by atoms with Gasteiger partial charge in [-0.05, 0) is 19.9 Å². The van der Waals surface area contributed by atoms with Crippen molar-refractivity contribution in [1.29, 1.82) is 0 Å². The van der Waals surface area contributed by atoms with Crippen molar-refractivity contribution in [3.05, 3.63) is 35.5 Å². The van der Waals surface area contributed by atoms with Crippen LogP contribution in [0.2, 0.25) is 0 Å². The van der Waals surface area contributed by atoms with Gasteiger partial charge >= 0.3 is 0 Å². The molecule has 3 rings (SSSR count). The van der Waals surface area contributed by atoms with Crippen LogP contribution in [0.3, 0.4) is 0 Å². The number of fused-ring (bicyclic) bond motifs is 3. The minimum absolute atomic E-state index is 0.201. The van der Waals surface area contributed by atoms with E-state index in [-0.39, 0.29) is 5.75 Å². The van der Waals surface area contributed by atoms with Crippen LogP contribution in [0.5, 0.6) is 0 Å². The summed E-state index contributed by atoms with van der Waals surface area (Å²) in [5.41, 5.74) is 2.05. The molecular formula is C13H14N2O3S2. The van der Waals surface area contributed by atoms with Gasteiger partial charge < -0.3 is 0 Å². The monoisotopic (exact) mass is 310 g/mol. The Morgan fingerprint density at radius 3 is 2.55 bits per heavy atom. The lowest BCUT2D eigenvalue weighted by Gasteiger charge is -1.95. The van der Waals surface area contributed by atoms with Crippen LogP contribution in [0.25, 0.3) is 21.1 Å². The van der Waals surface area contributed by atoms with Gasteiger partial charge in [0.25, 0.3) is 10.1 Å². The molecule has 0 unspecified atom stereocenters. The molecule has 5 nitrogen and oxygen atoms in total. The number of benzene rings is 1. The highest BCUT2D eigenvalue weighted by molar-refractivity contribution is 7.85. The highest BCUT2D eigenvalue weighted by Gasteiger charge is 2.04. The van der Waals surface area contributed by atoms with E-state index in [4.69, 9.17) is 4.55 Å². The van der Waals surface area contributed by atoms with Crippen LogP contribution in [-0.2, 0) is 10.1 Å². The largest absolute Gasteiger partial charge is 0.286 e. The van der Waals surface area contributed by atoms with E-state index >= 15 is 0 Å². The summed E-state index contributed by atoms with van der Waals surface area (Å²) < 4.78 is 28.2. The Kier molecular flexibility index (Phi) is 4.32. The first-order valence-corrected chi connectivity index (χ1v) is 8.39. The van der Waals surface area contributed by atoms with Crippen LogP contribution >= 0.6 is 11.3 Å². The summed E-state index contributed by atoms with van der Waals surface area (Å²) in [5.74, 6) is -0.201. The molecular weight excluding hydrogens is 296 g/mol. The SMILES string of the molecule is CCS(=O)(=O)O.Cc1nc2cnc3ccccc3c2s1. The summed E-state index contributed by atoms with van der Waals surface area (Å²) in [6.07, 6.45) is 1.85. The lowest BCUT2D eigenvalue weighted by atomic mass is 10.2. The first kappa shape index (κ1) is 14.8. The number of thiazole rings is 1. The van der Waals surface area contributed by atoms with E-state index in [1.165, 1.54) is 17.0 Å². The van der Waals surface area contributed by atoms with Crippen LogP contribution in [-0.4, -0.2) is 28.7 Å². The first-order valence-electron chi connectivity index (χ1n) is 5.96. The van der Waals surface area contributed by atoms with Gasteiger partial charge in [-0.15, -0.1) is 11.3 Å². The van der Waals surface area contributed by atoms with Gasteiger partial charge in [0.15, 0.2) is 0 Å². The van der Waals surface area contributed by atoms with E-state index in [2.05, 4.69) is 16.0 Å². The second-order valence-electron chi connectivity index (χ2n) is 4.09. The van der Waals surface area contributed by atoms with Crippen molar-refractivity contribution in [2.45, 2.75) is 13.8 Å². The second kappa shape index (κ2) is 5.82. The average molecular weight is 310 g/mol. The zero-order chi connectivity index (χ0) is 14.8. The molecule has 7 heteroatoms. The fourth-order valence-corrected chi connectivity index (χ4v) is 2.56. The molecule has 2 aromatic heterocycles. The van der Waals surface area contributed by atoms with Crippen molar-refractivity contribution in [2.75, 3.05) is 5.75 Å². The van der Waals surface area contributed by atoms with Gasteiger partial charge in [0.2, 0.25) is 0 Å². The minimum atomic E-state index is -3.66. The number of hydrogen-bond acceptors (Lipinski definition) is 5. The van der Waals surface area contributed by atoms with Crippen molar-refractivity contribution >= 4 is 42.6 Å². The Morgan fingerprint density at radius 2 is 1.90 bits per heavy atom. The van der Waals surface area contributed by atoms with Crippen LogP contribution in [0.1, 0.15) is 11.9 Å². The molecule has 1 N–H and O–H groups in total. The summed E-state index contributed by atoms with van der Waals surface area (Å²) in [6.45, 7) is 3.40. The van der Waals surface area contributed by atoms with E-state index in [9.17, 15) is 8.42 Å². The molecule has 1 aromatic carbocycles. The molecule has 0 aliphatic rings. The molecule has 0 aliphatic carbocycles. The molecule has 106 valence electrons. The van der Waals surface area contributed by atoms with Gasteiger partial charge in [0.1, 0.15) is 5.52 Å². The normalized spacial score (nSPS) is 11.3. The minimum Gasteiger partial charge on any atom is -0.286 e. The fraction of sp³-hybridized carbons (Fsp3) is 0.231. The summed E-state index contributed by atoms with van der Waals surface area (Å²) in [6, 6.07) is 8.18. The van der Waals surface area contributed by atoms with Gasteiger partial charge in [0.05, 0.1) is 27.2 Å². The maximum atomic E-state index is 9.56. The molecule has 0 aliphatic heterocycles. The van der Waals surface area contributed by atoms with E-state index < -0.39 is 10.1 Å². The zero-order valence-corrected chi connectivity index (χ0v) is 12.7. The van der Waals surface area contributed by atoms with Crippen molar-refractivity contribution < 1.29 is 13.0 Å². The molecule has 0 saturated carbocycles. The van der Waals surface area contributed by atoms with E-state index in [1.807, 2.05) is 31.3 Å². The quantitative estimate of drug-likeness (QED) is 0.699. The zero-order valence-electron chi connectivity index (χ0n) is 11.1. The third-order valence-electron chi connectivity index (χ3n) is 2.60. The topological polar surface area (TPSA) is 80.2 Å². The Labute approximate surface area is 121 Å². The summed E-state index contributed by atoms with van der Waals surface area (Å²) >= 11 is 1.73. The number of hydrogen-bond donors (Lipinski definition) is 1. The molecule has 0 saturated heterocycles. The van der Waals surface area contributed by atoms with Crippen molar-refractivity contribution in [1.82, 2.24) is 9.97 Å². The molecule has 0 spiro atoms. The van der Waals surface area contributed by atoms with Crippen LogP contribution < -0.4 is 0 Å². The van der Waals surface area contributed by atoms with Crippen LogP contribution in [0, 0.1) is 6.92 Å². The van der Waals surface area contributed by atoms with Gasteiger partial charge in [-0.1, -0.05) is 18.2 Å². The van der Waals surface area contributed by atoms with E-state index in [0.29, 0.717) is 0 Å². The standard InChI is InChI=1S/C11H8N2S.C2H6O3S/c1-7-13-10-6-12-9-5-3-2-4-8(9)11(10)14-7;1-2-6(3,4)5/h2-6H,1H3;2H2,1H3,(H,3,4,5). The molecule has 0 atom stereocenters. The Bertz CT molecular complexity index is 841. The highest BCUT2D eigenvalue weighted by atomic mass is 32.2. The van der Waals surface area contributed by atoms with Crippen molar-refractivity contribution in [3.63, 3.8) is 0 Å². The first-order chi connectivity index (χ1) is 9.40. The molecule has 0 bridgehead atoms. The molecule has 0 radical (unpaired) electrons. The number of aromatic nitrogens is 2. The molecule has 3 aromatic rings. The smallest absolute Gasteiger partial charge is 0.264 e. The van der Waals surface area contributed by atoms with E-state index in [1.54, 1.807) is 11.3 Å². The number of pyridine rings is 1. The predicted octanol–water partition coefficient (Wildman–Crippen LogP) is 3.05. The fourth-order valence-electron chi connectivity index (χ4n) is 1.63. The van der Waals surface area contributed by atoms with Gasteiger partial charge in [-0.2, -0.15) is 8.42 Å². The predicted molar refractivity (Wildman–Crippen MR) is 81.7 cm³/mol. The summed E-state index contributed by atoms with van der Waals surface area (Å²) in [4.78, 5) is 8.79. The third kappa shape index (κ3) is 3.50. The lowest BCUT2D eigenvalue weighted by molar-refractivity contribution is 0.484. The Morgan fingerprint density at radius 1 is 1.25 bits per heavy atom. The third-order valence-corrected chi connectivity index (χ3v) is 4.35. The molecule has 0 amide bonds. The summed E-state index contributed by atoms with van der Waals surface area (Å²) in [5, 5.41) is 2.30. The number of para-hydroxylation sites is 1. The van der Waals surface area contributed by atoms with Gasteiger partial charge in [-0.25, -0.2) is 4.98 Å². The average Bonchev–Trinajstić information content (AvgIpc) is 2.79. The highest BCUT2D eigenvalue weighted by Crippen LogP contribution is 2.27. The van der Waals surface area contributed by atoms with Gasteiger partial charge in [-0.3, -0.25) is 9.54 Å². The summed E-state index contributed by atoms with van der Waals surface area (Å²) in [7, 11) is -3.66. The maximum Gasteiger partial charge on any atom is 0.264 e. The lowest BCUT2D eigenvalue weighted by Crippen LogP contribution is -1.97. The van der Waals surface area contributed by atoms with Crippen molar-refractivity contribution in [2.24, 2.45) is 0 Å². The van der Waals surface area contributed by atoms with Crippen LogP contribution in [0.15, 0.2) is 30.5 Å². The van der Waals surface area contributed by atoms with Crippen molar-refractivity contribution in [3.8, 4) is 0 Å². The maximum absolute atomic E-state index is 9.56.